The van der Waals surface area contributed by atoms with Crippen molar-refractivity contribution < 1.29 is 9.18 Å². The highest BCUT2D eigenvalue weighted by Crippen LogP contribution is 2.23. The molecule has 1 heterocycles. The third-order valence-electron chi connectivity index (χ3n) is 2.55. The highest BCUT2D eigenvalue weighted by atomic mass is 79.9. The van der Waals surface area contributed by atoms with Gasteiger partial charge >= 0.3 is 0 Å². The Morgan fingerprint density at radius 1 is 1.50 bits per heavy atom. The number of rotatable bonds is 3. The number of hydrogen-bond acceptors (Lipinski definition) is 3. The van der Waals surface area contributed by atoms with E-state index in [4.69, 9.17) is 0 Å². The lowest BCUT2D eigenvalue weighted by atomic mass is 10.2. The van der Waals surface area contributed by atoms with E-state index in [9.17, 15) is 9.18 Å². The molecular weight excluding hydrogens is 337 g/mol. The van der Waals surface area contributed by atoms with Crippen LogP contribution in [0.5, 0.6) is 0 Å². The maximum Gasteiger partial charge on any atom is 0.252 e. The van der Waals surface area contributed by atoms with E-state index in [0.29, 0.717) is 21.8 Å². The van der Waals surface area contributed by atoms with Crippen molar-refractivity contribution >= 4 is 45.4 Å². The maximum absolute atomic E-state index is 13.1. The summed E-state index contributed by atoms with van der Waals surface area (Å²) in [6.45, 7) is 0.638. The molecule has 1 aromatic rings. The Morgan fingerprint density at radius 2 is 2.33 bits per heavy atom. The van der Waals surface area contributed by atoms with Gasteiger partial charge in [0.25, 0.3) is 5.91 Å². The van der Waals surface area contributed by atoms with E-state index >= 15 is 0 Å². The lowest BCUT2D eigenvalue weighted by Gasteiger charge is -2.21. The molecule has 0 radical (unpaired) electrons. The van der Waals surface area contributed by atoms with Crippen molar-refractivity contribution in [2.75, 3.05) is 23.8 Å². The van der Waals surface area contributed by atoms with E-state index in [1.165, 1.54) is 17.9 Å². The van der Waals surface area contributed by atoms with Crippen LogP contribution >= 0.6 is 39.5 Å². The fraction of sp³-hybridized carbons (Fsp3) is 0.417. The molecule has 0 spiro atoms. The van der Waals surface area contributed by atoms with Crippen LogP contribution in [0.2, 0.25) is 0 Å². The molecule has 2 nitrogen and oxygen atoms in total. The average molecular weight is 350 g/mol. The first kappa shape index (κ1) is 14.2. The van der Waals surface area contributed by atoms with Crippen molar-refractivity contribution in [3.63, 3.8) is 0 Å². The Balaban J connectivity index is 1.92. The van der Waals surface area contributed by atoms with E-state index in [2.05, 4.69) is 21.2 Å². The molecule has 1 aliphatic rings. The van der Waals surface area contributed by atoms with Crippen LogP contribution < -0.4 is 5.32 Å². The summed E-state index contributed by atoms with van der Waals surface area (Å²) in [5, 5.41) is 3.33. The second-order valence-electron chi connectivity index (χ2n) is 3.90. The topological polar surface area (TPSA) is 29.1 Å². The number of carbonyl (C=O) groups excluding carboxylic acids is 1. The standard InChI is InChI=1S/C12H13BrFNOS2/c13-11-2-1-8(14)5-10(11)12(16)15-6-9-7-17-3-4-18-9/h1-2,5,9H,3-4,6-7H2,(H,15,16). The van der Waals surface area contributed by atoms with Gasteiger partial charge in [-0.1, -0.05) is 0 Å². The number of halogens is 2. The Labute approximate surface area is 123 Å². The molecule has 1 aliphatic heterocycles. The number of amides is 1. The van der Waals surface area contributed by atoms with Gasteiger partial charge in [-0.3, -0.25) is 4.79 Å². The summed E-state index contributed by atoms with van der Waals surface area (Å²) in [7, 11) is 0. The maximum atomic E-state index is 13.1. The molecule has 1 amide bonds. The fourth-order valence-corrected chi connectivity index (χ4v) is 4.67. The molecule has 2 rings (SSSR count). The average Bonchev–Trinajstić information content (AvgIpc) is 2.40. The van der Waals surface area contributed by atoms with Crippen LogP contribution in [0.1, 0.15) is 10.4 Å². The summed E-state index contributed by atoms with van der Waals surface area (Å²) >= 11 is 7.06. The van der Waals surface area contributed by atoms with E-state index < -0.39 is 5.82 Å². The summed E-state index contributed by atoms with van der Waals surface area (Å²) in [5.74, 6) is 2.76. The molecule has 18 heavy (non-hydrogen) atoms. The molecule has 0 saturated carbocycles. The smallest absolute Gasteiger partial charge is 0.252 e. The molecule has 1 atom stereocenters. The summed E-state index contributed by atoms with van der Waals surface area (Å²) in [5.41, 5.74) is 0.350. The van der Waals surface area contributed by atoms with Crippen LogP contribution in [0.25, 0.3) is 0 Å². The van der Waals surface area contributed by atoms with Gasteiger partial charge in [-0.05, 0) is 34.1 Å². The summed E-state index contributed by atoms with van der Waals surface area (Å²) in [6.07, 6.45) is 0. The minimum absolute atomic E-state index is 0.224. The second kappa shape index (κ2) is 6.82. The van der Waals surface area contributed by atoms with Crippen LogP contribution in [0.3, 0.4) is 0 Å². The Kier molecular flexibility index (Phi) is 5.38. The zero-order chi connectivity index (χ0) is 13.0. The van der Waals surface area contributed by atoms with Crippen molar-refractivity contribution in [1.29, 1.82) is 0 Å². The SMILES string of the molecule is O=C(NCC1CSCCS1)c1cc(F)ccc1Br. The van der Waals surface area contributed by atoms with Crippen molar-refractivity contribution in [2.24, 2.45) is 0 Å². The van der Waals surface area contributed by atoms with Gasteiger partial charge in [0.2, 0.25) is 0 Å². The van der Waals surface area contributed by atoms with Gasteiger partial charge in [-0.15, -0.1) is 0 Å². The molecule has 0 aromatic heterocycles. The lowest BCUT2D eigenvalue weighted by Crippen LogP contribution is -2.33. The molecule has 1 N–H and O–H groups in total. The number of thioether (sulfide) groups is 2. The van der Waals surface area contributed by atoms with Crippen molar-refractivity contribution in [2.45, 2.75) is 5.25 Å². The molecule has 98 valence electrons. The van der Waals surface area contributed by atoms with Gasteiger partial charge in [-0.25, -0.2) is 4.39 Å². The highest BCUT2D eigenvalue weighted by molar-refractivity contribution is 9.10. The van der Waals surface area contributed by atoms with Crippen LogP contribution in [-0.2, 0) is 0 Å². The van der Waals surface area contributed by atoms with Crippen LogP contribution in [0, 0.1) is 5.82 Å². The van der Waals surface area contributed by atoms with E-state index in [1.54, 1.807) is 6.07 Å². The Hall–Kier alpha value is -0.200. The van der Waals surface area contributed by atoms with Crippen LogP contribution in [0.4, 0.5) is 4.39 Å². The van der Waals surface area contributed by atoms with Gasteiger partial charge < -0.3 is 5.32 Å². The third kappa shape index (κ3) is 3.90. The van der Waals surface area contributed by atoms with Crippen LogP contribution in [-0.4, -0.2) is 35.0 Å². The Morgan fingerprint density at radius 3 is 3.06 bits per heavy atom. The van der Waals surface area contributed by atoms with Crippen molar-refractivity contribution in [3.05, 3.63) is 34.1 Å². The third-order valence-corrected chi connectivity index (χ3v) is 6.08. The molecular formula is C12H13BrFNOS2. The van der Waals surface area contributed by atoms with Gasteiger partial charge in [-0.2, -0.15) is 23.5 Å². The van der Waals surface area contributed by atoms with Crippen molar-refractivity contribution in [3.8, 4) is 0 Å². The molecule has 1 aromatic carbocycles. The molecule has 1 fully saturated rings. The zero-order valence-corrected chi connectivity index (χ0v) is 12.8. The number of carbonyl (C=O) groups is 1. The summed E-state index contributed by atoms with van der Waals surface area (Å²) < 4.78 is 13.7. The molecule has 0 bridgehead atoms. The minimum atomic E-state index is -0.397. The number of nitrogens with one attached hydrogen (secondary N) is 1. The molecule has 1 saturated heterocycles. The molecule has 6 heteroatoms. The quantitative estimate of drug-likeness (QED) is 0.908. The first-order valence-corrected chi connectivity index (χ1v) is 8.59. The summed E-state index contributed by atoms with van der Waals surface area (Å²) in [4.78, 5) is 11.9. The minimum Gasteiger partial charge on any atom is -0.351 e. The van der Waals surface area contributed by atoms with Gasteiger partial charge in [0.1, 0.15) is 5.82 Å². The van der Waals surface area contributed by atoms with Crippen LogP contribution in [0.15, 0.2) is 22.7 Å². The number of hydrogen-bond donors (Lipinski definition) is 1. The van der Waals surface area contributed by atoms with Gasteiger partial charge in [0.15, 0.2) is 0 Å². The summed E-state index contributed by atoms with van der Waals surface area (Å²) in [6, 6.07) is 4.13. The van der Waals surface area contributed by atoms with E-state index in [1.807, 2.05) is 23.5 Å². The molecule has 0 aliphatic carbocycles. The van der Waals surface area contributed by atoms with Gasteiger partial charge in [0.05, 0.1) is 5.56 Å². The monoisotopic (exact) mass is 349 g/mol. The lowest BCUT2D eigenvalue weighted by molar-refractivity contribution is 0.0953. The zero-order valence-electron chi connectivity index (χ0n) is 9.62. The van der Waals surface area contributed by atoms with Gasteiger partial charge in [0, 0.05) is 33.5 Å². The van der Waals surface area contributed by atoms with Crippen molar-refractivity contribution in [1.82, 2.24) is 5.32 Å². The molecule has 1 unspecified atom stereocenters. The fourth-order valence-electron chi connectivity index (χ4n) is 1.63. The first-order chi connectivity index (χ1) is 8.66. The van der Waals surface area contributed by atoms with E-state index in [0.717, 1.165) is 11.5 Å². The number of benzene rings is 1. The predicted molar refractivity (Wildman–Crippen MR) is 80.0 cm³/mol. The largest absolute Gasteiger partial charge is 0.351 e. The first-order valence-electron chi connectivity index (χ1n) is 5.59. The normalized spacial score (nSPS) is 19.6. The highest BCUT2D eigenvalue weighted by Gasteiger charge is 2.17. The predicted octanol–water partition coefficient (Wildman–Crippen LogP) is 3.17. The Bertz CT molecular complexity index is 438. The second-order valence-corrected chi connectivity index (χ2v) is 7.31. The van der Waals surface area contributed by atoms with E-state index in [-0.39, 0.29) is 5.91 Å².